The molecule has 0 spiro atoms. The van der Waals surface area contributed by atoms with Gasteiger partial charge in [0.2, 0.25) is 11.8 Å². The summed E-state index contributed by atoms with van der Waals surface area (Å²) in [6.07, 6.45) is -0.892. The summed E-state index contributed by atoms with van der Waals surface area (Å²) in [7, 11) is 0. The van der Waals surface area contributed by atoms with Crippen LogP contribution in [0.25, 0.3) is 0 Å². The molecule has 1 aromatic carbocycles. The summed E-state index contributed by atoms with van der Waals surface area (Å²) in [4.78, 5) is 28.4. The summed E-state index contributed by atoms with van der Waals surface area (Å²) in [5.74, 6) is -0.404. The van der Waals surface area contributed by atoms with Crippen LogP contribution in [0.4, 0.5) is 0 Å². The van der Waals surface area contributed by atoms with Crippen molar-refractivity contribution in [1.82, 2.24) is 15.1 Å². The van der Waals surface area contributed by atoms with Crippen LogP contribution in [0.1, 0.15) is 12.5 Å². The highest BCUT2D eigenvalue weighted by atomic mass is 35.5. The fourth-order valence-electron chi connectivity index (χ4n) is 3.18. The molecule has 0 unspecified atom stereocenters. The maximum absolute atomic E-state index is 12.4. The quantitative estimate of drug-likeness (QED) is 0.828. The molecule has 2 fully saturated rings. The molecule has 3 rings (SSSR count). The van der Waals surface area contributed by atoms with Crippen molar-refractivity contribution in [1.29, 1.82) is 0 Å². The Morgan fingerprint density at radius 1 is 1.39 bits per heavy atom. The van der Waals surface area contributed by atoms with Gasteiger partial charge in [0, 0.05) is 31.2 Å². The molecule has 0 bridgehead atoms. The van der Waals surface area contributed by atoms with Crippen LogP contribution in [0, 0.1) is 0 Å². The molecule has 0 radical (unpaired) electrons. The number of nitrogens with one attached hydrogen (secondary N) is 1. The number of halogens is 1. The van der Waals surface area contributed by atoms with Crippen molar-refractivity contribution in [3.05, 3.63) is 34.9 Å². The number of rotatable bonds is 3. The van der Waals surface area contributed by atoms with Gasteiger partial charge in [0.25, 0.3) is 0 Å². The van der Waals surface area contributed by atoms with E-state index in [0.29, 0.717) is 31.2 Å². The lowest BCUT2D eigenvalue weighted by Gasteiger charge is -2.45. The lowest BCUT2D eigenvalue weighted by Crippen LogP contribution is -2.70. The number of aliphatic hydroxyl groups is 1. The van der Waals surface area contributed by atoms with Crippen LogP contribution in [0.3, 0.4) is 0 Å². The number of nitrogens with zero attached hydrogens (tertiary/aromatic N) is 2. The van der Waals surface area contributed by atoms with Gasteiger partial charge in [-0.25, -0.2) is 0 Å². The predicted octanol–water partition coefficient (Wildman–Crippen LogP) is 0.232. The second-order valence-corrected chi connectivity index (χ2v) is 6.58. The first-order chi connectivity index (χ1) is 11.0. The van der Waals surface area contributed by atoms with Crippen molar-refractivity contribution >= 4 is 23.4 Å². The molecular formula is C16H20ClN3O3. The van der Waals surface area contributed by atoms with Gasteiger partial charge in [-0.3, -0.25) is 14.5 Å². The average molecular weight is 338 g/mol. The summed E-state index contributed by atoms with van der Waals surface area (Å²) in [5, 5.41) is 13.0. The van der Waals surface area contributed by atoms with Gasteiger partial charge in [0.1, 0.15) is 12.1 Å². The van der Waals surface area contributed by atoms with E-state index in [0.717, 1.165) is 5.56 Å². The third-order valence-corrected chi connectivity index (χ3v) is 4.63. The Morgan fingerprint density at radius 3 is 2.87 bits per heavy atom. The van der Waals surface area contributed by atoms with Gasteiger partial charge in [-0.05, 0) is 24.6 Å². The van der Waals surface area contributed by atoms with Gasteiger partial charge in [-0.15, -0.1) is 0 Å². The van der Waals surface area contributed by atoms with E-state index in [1.807, 2.05) is 24.3 Å². The van der Waals surface area contributed by atoms with Crippen molar-refractivity contribution in [3.63, 3.8) is 0 Å². The third-order valence-electron chi connectivity index (χ3n) is 4.39. The number of hydrogen-bond donors (Lipinski definition) is 2. The van der Waals surface area contributed by atoms with Crippen molar-refractivity contribution in [2.75, 3.05) is 19.6 Å². The molecule has 124 valence electrons. The van der Waals surface area contributed by atoms with E-state index in [9.17, 15) is 14.7 Å². The van der Waals surface area contributed by atoms with E-state index in [4.69, 9.17) is 11.6 Å². The maximum atomic E-state index is 12.4. The number of aliphatic hydroxyl groups excluding tert-OH is 1. The van der Waals surface area contributed by atoms with Crippen molar-refractivity contribution in [2.24, 2.45) is 0 Å². The minimum atomic E-state index is -0.892. The number of carbonyl (C=O) groups excluding carboxylic acids is 2. The lowest BCUT2D eigenvalue weighted by atomic mass is 10.0. The zero-order valence-electron chi connectivity index (χ0n) is 12.9. The molecule has 0 saturated carbocycles. The van der Waals surface area contributed by atoms with E-state index >= 15 is 0 Å². The first-order valence-electron chi connectivity index (χ1n) is 7.71. The standard InChI is InChI=1S/C16H20ClN3O3/c1-10(21)14-16(23)20-6-5-19(9-13(20)15(22)18-14)8-11-3-2-4-12(17)7-11/h2-4,7,10,13-14,21H,5-6,8-9H2,1H3,(H,18,22)/t10-,13-,14+/m1/s1. The summed E-state index contributed by atoms with van der Waals surface area (Å²) in [6.45, 7) is 3.86. The van der Waals surface area contributed by atoms with E-state index in [1.54, 1.807) is 4.90 Å². The molecule has 23 heavy (non-hydrogen) atoms. The van der Waals surface area contributed by atoms with E-state index in [2.05, 4.69) is 10.2 Å². The van der Waals surface area contributed by atoms with Crippen molar-refractivity contribution in [3.8, 4) is 0 Å². The van der Waals surface area contributed by atoms with Gasteiger partial charge in [0.05, 0.1) is 6.10 Å². The smallest absolute Gasteiger partial charge is 0.248 e. The van der Waals surface area contributed by atoms with Crippen molar-refractivity contribution in [2.45, 2.75) is 31.7 Å². The summed E-state index contributed by atoms with van der Waals surface area (Å²) in [5.41, 5.74) is 1.08. The molecule has 3 atom stereocenters. The molecule has 7 heteroatoms. The van der Waals surface area contributed by atoms with E-state index < -0.39 is 18.2 Å². The predicted molar refractivity (Wildman–Crippen MR) is 85.8 cm³/mol. The van der Waals surface area contributed by atoms with Crippen LogP contribution in [-0.4, -0.2) is 64.5 Å². The molecule has 2 heterocycles. The van der Waals surface area contributed by atoms with Crippen LogP contribution >= 0.6 is 11.6 Å². The molecule has 0 aromatic heterocycles. The minimum absolute atomic E-state index is 0.202. The number of hydrogen-bond acceptors (Lipinski definition) is 4. The fraction of sp³-hybridized carbons (Fsp3) is 0.500. The zero-order chi connectivity index (χ0) is 16.6. The second-order valence-electron chi connectivity index (χ2n) is 6.14. The fourth-order valence-corrected chi connectivity index (χ4v) is 3.39. The monoisotopic (exact) mass is 337 g/mol. The molecule has 2 N–H and O–H groups in total. The maximum Gasteiger partial charge on any atom is 0.248 e. The molecule has 2 amide bonds. The number of amides is 2. The highest BCUT2D eigenvalue weighted by Crippen LogP contribution is 2.20. The van der Waals surface area contributed by atoms with Gasteiger partial charge in [0.15, 0.2) is 0 Å². The number of benzene rings is 1. The van der Waals surface area contributed by atoms with Crippen LogP contribution in [0.5, 0.6) is 0 Å². The van der Waals surface area contributed by atoms with Crippen LogP contribution in [0.15, 0.2) is 24.3 Å². The van der Waals surface area contributed by atoms with Crippen LogP contribution in [-0.2, 0) is 16.1 Å². The second kappa shape index (κ2) is 6.47. The lowest BCUT2D eigenvalue weighted by molar-refractivity contribution is -0.156. The summed E-state index contributed by atoms with van der Waals surface area (Å²) in [6, 6.07) is 6.30. The molecule has 2 saturated heterocycles. The van der Waals surface area contributed by atoms with Gasteiger partial charge < -0.3 is 15.3 Å². The Labute approximate surface area is 140 Å². The topological polar surface area (TPSA) is 72.9 Å². The summed E-state index contributed by atoms with van der Waals surface area (Å²) < 4.78 is 0. The normalized spacial score (nSPS) is 26.7. The first-order valence-corrected chi connectivity index (χ1v) is 8.09. The molecule has 0 aliphatic carbocycles. The first kappa shape index (κ1) is 16.2. The zero-order valence-corrected chi connectivity index (χ0v) is 13.7. The SMILES string of the molecule is C[C@@H](O)[C@@H]1NC(=O)[C@H]2CN(Cc3cccc(Cl)c3)CCN2C1=O. The Hall–Kier alpha value is -1.63. The molecular weight excluding hydrogens is 318 g/mol. The Balaban J connectivity index is 1.69. The Morgan fingerprint density at radius 2 is 2.17 bits per heavy atom. The van der Waals surface area contributed by atoms with Crippen molar-refractivity contribution < 1.29 is 14.7 Å². The third kappa shape index (κ3) is 3.34. The number of fused-ring (bicyclic) bond motifs is 1. The van der Waals surface area contributed by atoms with E-state index in [1.165, 1.54) is 6.92 Å². The van der Waals surface area contributed by atoms with Gasteiger partial charge in [-0.1, -0.05) is 23.7 Å². The number of piperazine rings is 2. The largest absolute Gasteiger partial charge is 0.391 e. The van der Waals surface area contributed by atoms with E-state index in [-0.39, 0.29) is 11.8 Å². The minimum Gasteiger partial charge on any atom is -0.391 e. The molecule has 2 aliphatic heterocycles. The molecule has 6 nitrogen and oxygen atoms in total. The number of carbonyl (C=O) groups is 2. The molecule has 2 aliphatic rings. The highest BCUT2D eigenvalue weighted by molar-refractivity contribution is 6.30. The average Bonchev–Trinajstić information content (AvgIpc) is 2.50. The summed E-state index contributed by atoms with van der Waals surface area (Å²) >= 11 is 6.00. The Kier molecular flexibility index (Phi) is 4.57. The van der Waals surface area contributed by atoms with Crippen LogP contribution < -0.4 is 5.32 Å². The van der Waals surface area contributed by atoms with Gasteiger partial charge >= 0.3 is 0 Å². The van der Waals surface area contributed by atoms with Gasteiger partial charge in [-0.2, -0.15) is 0 Å². The molecule has 1 aromatic rings. The van der Waals surface area contributed by atoms with Crippen LogP contribution in [0.2, 0.25) is 5.02 Å². The highest BCUT2D eigenvalue weighted by Gasteiger charge is 2.44. The Bertz CT molecular complexity index is 622.